The molecule has 2 aromatic carbocycles. The number of carbonyl (C=O) groups is 1. The van der Waals surface area contributed by atoms with Crippen molar-refractivity contribution in [3.63, 3.8) is 0 Å². The van der Waals surface area contributed by atoms with Crippen LogP contribution >= 0.6 is 23.2 Å². The highest BCUT2D eigenvalue weighted by molar-refractivity contribution is 6.35. The van der Waals surface area contributed by atoms with Gasteiger partial charge in [-0.25, -0.2) is 4.98 Å². The summed E-state index contributed by atoms with van der Waals surface area (Å²) in [6, 6.07) is 12.6. The van der Waals surface area contributed by atoms with E-state index in [4.69, 9.17) is 27.9 Å². The first-order chi connectivity index (χ1) is 13.1. The third-order valence-electron chi connectivity index (χ3n) is 4.42. The van der Waals surface area contributed by atoms with E-state index in [-0.39, 0.29) is 12.5 Å². The fourth-order valence-corrected chi connectivity index (χ4v) is 3.64. The molecule has 1 N–H and O–H groups in total. The number of hydrogen-bond acceptors (Lipinski definition) is 3. The number of aryl methyl sites for hydroxylation is 1. The lowest BCUT2D eigenvalue weighted by atomic mass is 10.1. The average Bonchev–Trinajstić information content (AvgIpc) is 3.24. The van der Waals surface area contributed by atoms with Crippen molar-refractivity contribution >= 4 is 34.8 Å². The van der Waals surface area contributed by atoms with Gasteiger partial charge in [0.1, 0.15) is 11.6 Å². The summed E-state index contributed by atoms with van der Waals surface area (Å²) in [5.41, 5.74) is 2.80. The molecule has 0 atom stereocenters. The number of carbonyl (C=O) groups excluding carboxylic acids is 1. The highest BCUT2D eigenvalue weighted by Gasteiger charge is 2.17. The number of amides is 1. The van der Waals surface area contributed by atoms with Crippen LogP contribution in [0.5, 0.6) is 5.75 Å². The highest BCUT2D eigenvalue weighted by atomic mass is 35.5. The standard InChI is InChI=1S/C20H17Cl2N3O2/c21-14-6-7-18(16(22)10-14)27-12-20(26)24-15-4-1-3-13(9-15)17-11-23-19-5-2-8-25(17)19/h1,3-4,6-7,9-11H,2,5,8,12H2,(H,24,26). The summed E-state index contributed by atoms with van der Waals surface area (Å²) in [7, 11) is 0. The van der Waals surface area contributed by atoms with Crippen LogP contribution in [-0.4, -0.2) is 22.1 Å². The van der Waals surface area contributed by atoms with Gasteiger partial charge in [0.15, 0.2) is 6.61 Å². The van der Waals surface area contributed by atoms with Crippen molar-refractivity contribution in [3.8, 4) is 17.0 Å². The number of imidazole rings is 1. The van der Waals surface area contributed by atoms with Crippen LogP contribution in [0.15, 0.2) is 48.7 Å². The summed E-state index contributed by atoms with van der Waals surface area (Å²) >= 11 is 11.9. The Morgan fingerprint density at radius 1 is 1.22 bits per heavy atom. The molecule has 5 nitrogen and oxygen atoms in total. The molecule has 138 valence electrons. The van der Waals surface area contributed by atoms with E-state index >= 15 is 0 Å². The van der Waals surface area contributed by atoms with Crippen LogP contribution in [0.4, 0.5) is 5.69 Å². The smallest absolute Gasteiger partial charge is 0.262 e. The van der Waals surface area contributed by atoms with Crippen molar-refractivity contribution in [1.29, 1.82) is 0 Å². The second-order valence-corrected chi connectivity index (χ2v) is 7.15. The molecule has 1 aliphatic heterocycles. The minimum Gasteiger partial charge on any atom is -0.482 e. The number of rotatable bonds is 5. The van der Waals surface area contributed by atoms with E-state index < -0.39 is 0 Å². The molecule has 4 rings (SSSR count). The maximum atomic E-state index is 12.2. The number of nitrogens with zero attached hydrogens (tertiary/aromatic N) is 2. The molecule has 0 bridgehead atoms. The van der Waals surface area contributed by atoms with Crippen LogP contribution in [0.3, 0.4) is 0 Å². The molecule has 0 saturated carbocycles. The van der Waals surface area contributed by atoms with Gasteiger partial charge in [-0.1, -0.05) is 35.3 Å². The highest BCUT2D eigenvalue weighted by Crippen LogP contribution is 2.28. The van der Waals surface area contributed by atoms with E-state index in [1.807, 2.05) is 30.5 Å². The Morgan fingerprint density at radius 2 is 2.11 bits per heavy atom. The zero-order valence-electron chi connectivity index (χ0n) is 14.4. The van der Waals surface area contributed by atoms with Crippen molar-refractivity contribution in [2.24, 2.45) is 0 Å². The number of aromatic nitrogens is 2. The number of anilines is 1. The molecule has 1 aromatic heterocycles. The average molecular weight is 402 g/mol. The van der Waals surface area contributed by atoms with Gasteiger partial charge < -0.3 is 14.6 Å². The molecular formula is C20H17Cl2N3O2. The van der Waals surface area contributed by atoms with E-state index in [9.17, 15) is 4.79 Å². The largest absolute Gasteiger partial charge is 0.482 e. The number of ether oxygens (including phenoxy) is 1. The summed E-state index contributed by atoms with van der Waals surface area (Å²) in [6.45, 7) is 0.838. The van der Waals surface area contributed by atoms with Crippen molar-refractivity contribution in [3.05, 3.63) is 64.5 Å². The second kappa shape index (κ2) is 7.62. The zero-order chi connectivity index (χ0) is 18.8. The molecule has 0 spiro atoms. The summed E-state index contributed by atoms with van der Waals surface area (Å²) in [4.78, 5) is 16.7. The predicted molar refractivity (Wildman–Crippen MR) is 107 cm³/mol. The second-order valence-electron chi connectivity index (χ2n) is 6.31. The van der Waals surface area contributed by atoms with E-state index in [2.05, 4.69) is 14.9 Å². The van der Waals surface area contributed by atoms with Gasteiger partial charge >= 0.3 is 0 Å². The normalized spacial score (nSPS) is 12.7. The Kier molecular flexibility index (Phi) is 5.05. The minimum atomic E-state index is -0.267. The quantitative estimate of drug-likeness (QED) is 0.666. The SMILES string of the molecule is O=C(COc1ccc(Cl)cc1Cl)Nc1cccc(-c2cnc3n2CCC3)c1. The minimum absolute atomic E-state index is 0.145. The van der Waals surface area contributed by atoms with Crippen molar-refractivity contribution in [2.45, 2.75) is 19.4 Å². The molecule has 0 unspecified atom stereocenters. The van der Waals surface area contributed by atoms with Crippen molar-refractivity contribution in [2.75, 3.05) is 11.9 Å². The summed E-state index contributed by atoms with van der Waals surface area (Å²) in [5.74, 6) is 1.27. The van der Waals surface area contributed by atoms with Crippen molar-refractivity contribution in [1.82, 2.24) is 9.55 Å². The Morgan fingerprint density at radius 3 is 2.96 bits per heavy atom. The van der Waals surface area contributed by atoms with Crippen LogP contribution in [-0.2, 0) is 17.8 Å². The molecule has 1 aliphatic rings. The Balaban J connectivity index is 1.42. The molecule has 2 heterocycles. The topological polar surface area (TPSA) is 56.1 Å². The number of hydrogen-bond donors (Lipinski definition) is 1. The van der Waals surface area contributed by atoms with Crippen molar-refractivity contribution < 1.29 is 9.53 Å². The number of fused-ring (bicyclic) bond motifs is 1. The van der Waals surface area contributed by atoms with Gasteiger partial charge in [0.05, 0.1) is 16.9 Å². The van der Waals surface area contributed by atoms with Crippen LogP contribution in [0.2, 0.25) is 10.0 Å². The molecule has 0 aliphatic carbocycles. The van der Waals surface area contributed by atoms with Crippen LogP contribution in [0.25, 0.3) is 11.3 Å². The fraction of sp³-hybridized carbons (Fsp3) is 0.200. The van der Waals surface area contributed by atoms with Gasteiger partial charge in [-0.15, -0.1) is 0 Å². The Labute approximate surface area is 166 Å². The first kappa shape index (κ1) is 17.9. The van der Waals surface area contributed by atoms with E-state index in [0.717, 1.165) is 36.5 Å². The lowest BCUT2D eigenvalue weighted by Crippen LogP contribution is -2.20. The van der Waals surface area contributed by atoms with Gasteiger partial charge in [-0.2, -0.15) is 0 Å². The Hall–Kier alpha value is -2.50. The lowest BCUT2D eigenvalue weighted by molar-refractivity contribution is -0.118. The molecule has 0 fully saturated rings. The van der Waals surface area contributed by atoms with Gasteiger partial charge in [-0.05, 0) is 36.8 Å². The first-order valence-electron chi connectivity index (χ1n) is 8.63. The summed E-state index contributed by atoms with van der Waals surface area (Å²) in [6.07, 6.45) is 4.03. The molecule has 27 heavy (non-hydrogen) atoms. The van der Waals surface area contributed by atoms with Gasteiger partial charge in [-0.3, -0.25) is 4.79 Å². The molecule has 0 saturated heterocycles. The molecule has 7 heteroatoms. The molecular weight excluding hydrogens is 385 g/mol. The fourth-order valence-electron chi connectivity index (χ4n) is 3.18. The molecule has 1 amide bonds. The van der Waals surface area contributed by atoms with E-state index in [0.29, 0.717) is 21.5 Å². The van der Waals surface area contributed by atoms with Gasteiger partial charge in [0, 0.05) is 29.2 Å². The van der Waals surface area contributed by atoms with Gasteiger partial charge in [0.25, 0.3) is 5.91 Å². The maximum Gasteiger partial charge on any atom is 0.262 e. The predicted octanol–water partition coefficient (Wildman–Crippen LogP) is 4.82. The number of benzene rings is 2. The lowest BCUT2D eigenvalue weighted by Gasteiger charge is -2.10. The number of nitrogens with one attached hydrogen (secondary N) is 1. The van der Waals surface area contributed by atoms with Gasteiger partial charge in [0.2, 0.25) is 0 Å². The zero-order valence-corrected chi connectivity index (χ0v) is 15.9. The first-order valence-corrected chi connectivity index (χ1v) is 9.38. The van der Waals surface area contributed by atoms with Crippen LogP contribution in [0, 0.1) is 0 Å². The Bertz CT molecular complexity index is 1000. The van der Waals surface area contributed by atoms with Crippen LogP contribution < -0.4 is 10.1 Å². The number of halogens is 2. The maximum absolute atomic E-state index is 12.2. The van der Waals surface area contributed by atoms with Crippen LogP contribution in [0.1, 0.15) is 12.2 Å². The molecule has 0 radical (unpaired) electrons. The van der Waals surface area contributed by atoms with E-state index in [1.165, 1.54) is 0 Å². The third kappa shape index (κ3) is 3.94. The monoisotopic (exact) mass is 401 g/mol. The summed E-state index contributed by atoms with van der Waals surface area (Å²) in [5, 5.41) is 3.73. The van der Waals surface area contributed by atoms with E-state index in [1.54, 1.807) is 18.2 Å². The third-order valence-corrected chi connectivity index (χ3v) is 4.95. The molecule has 3 aromatic rings. The summed E-state index contributed by atoms with van der Waals surface area (Å²) < 4.78 is 7.70.